The molecule has 0 saturated carbocycles. The van der Waals surface area contributed by atoms with Gasteiger partial charge in [0.05, 0.1) is 11.0 Å². The lowest BCUT2D eigenvalue weighted by Crippen LogP contribution is -2.11. The van der Waals surface area contributed by atoms with Gasteiger partial charge in [0.1, 0.15) is 0 Å². The normalized spacial score (nSPS) is 11.4. The van der Waals surface area contributed by atoms with Crippen molar-refractivity contribution in [3.8, 4) is 0 Å². The molecule has 1 N–H and O–H groups in total. The van der Waals surface area contributed by atoms with Crippen LogP contribution in [-0.2, 0) is 0 Å². The number of rotatable bonds is 0. The molecule has 16 heavy (non-hydrogen) atoms. The van der Waals surface area contributed by atoms with E-state index in [2.05, 4.69) is 9.97 Å². The first-order valence-electron chi connectivity index (χ1n) is 5.13. The van der Waals surface area contributed by atoms with Crippen molar-refractivity contribution in [2.45, 2.75) is 13.8 Å². The van der Waals surface area contributed by atoms with Crippen molar-refractivity contribution in [2.24, 2.45) is 0 Å². The Balaban J connectivity index is 2.69. The van der Waals surface area contributed by atoms with Crippen molar-refractivity contribution in [3.05, 3.63) is 46.0 Å². The minimum absolute atomic E-state index is 0.149. The molecule has 2 heterocycles. The van der Waals surface area contributed by atoms with Crippen LogP contribution in [0, 0.1) is 13.8 Å². The first-order valence-corrected chi connectivity index (χ1v) is 5.13. The van der Waals surface area contributed by atoms with Crippen molar-refractivity contribution in [1.82, 2.24) is 14.4 Å². The summed E-state index contributed by atoms with van der Waals surface area (Å²) >= 11 is 0. The SMILES string of the molecule is Cc1ccc2[nH]c(=O)c3ncc(C)n3c2c1. The minimum Gasteiger partial charge on any atom is -0.317 e. The summed E-state index contributed by atoms with van der Waals surface area (Å²) in [5, 5.41) is 0. The molecule has 0 spiro atoms. The highest BCUT2D eigenvalue weighted by Gasteiger charge is 2.07. The summed E-state index contributed by atoms with van der Waals surface area (Å²) in [5.74, 6) is 0. The summed E-state index contributed by atoms with van der Waals surface area (Å²) in [5.41, 5.74) is 4.26. The summed E-state index contributed by atoms with van der Waals surface area (Å²) in [4.78, 5) is 18.7. The Morgan fingerprint density at radius 1 is 1.31 bits per heavy atom. The Kier molecular flexibility index (Phi) is 1.68. The lowest BCUT2D eigenvalue weighted by atomic mass is 10.2. The van der Waals surface area contributed by atoms with Gasteiger partial charge in [-0.2, -0.15) is 0 Å². The van der Waals surface area contributed by atoms with E-state index < -0.39 is 0 Å². The van der Waals surface area contributed by atoms with Gasteiger partial charge in [-0.05, 0) is 31.5 Å². The maximum Gasteiger partial charge on any atom is 0.292 e. The number of aryl methyl sites for hydroxylation is 2. The van der Waals surface area contributed by atoms with Gasteiger partial charge in [-0.3, -0.25) is 9.20 Å². The number of hydrogen-bond acceptors (Lipinski definition) is 2. The number of hydrogen-bond donors (Lipinski definition) is 1. The molecule has 4 heteroatoms. The molecule has 0 aliphatic heterocycles. The van der Waals surface area contributed by atoms with E-state index in [1.807, 2.05) is 36.4 Å². The average molecular weight is 213 g/mol. The van der Waals surface area contributed by atoms with Crippen molar-refractivity contribution in [3.63, 3.8) is 0 Å². The second-order valence-corrected chi connectivity index (χ2v) is 4.03. The van der Waals surface area contributed by atoms with Crippen LogP contribution in [0.25, 0.3) is 16.7 Å². The molecule has 0 saturated heterocycles. The van der Waals surface area contributed by atoms with Gasteiger partial charge in [0.15, 0.2) is 0 Å². The van der Waals surface area contributed by atoms with Crippen LogP contribution in [0.1, 0.15) is 11.3 Å². The third-order valence-electron chi connectivity index (χ3n) is 2.78. The first-order chi connectivity index (χ1) is 7.66. The monoisotopic (exact) mass is 213 g/mol. The number of nitrogens with zero attached hydrogens (tertiary/aromatic N) is 2. The summed E-state index contributed by atoms with van der Waals surface area (Å²) < 4.78 is 1.89. The topological polar surface area (TPSA) is 50.2 Å². The third kappa shape index (κ3) is 1.10. The van der Waals surface area contributed by atoms with Crippen molar-refractivity contribution in [2.75, 3.05) is 0 Å². The fraction of sp³-hybridized carbons (Fsp3) is 0.167. The molecule has 0 aliphatic rings. The van der Waals surface area contributed by atoms with E-state index >= 15 is 0 Å². The van der Waals surface area contributed by atoms with Crippen LogP contribution in [0.2, 0.25) is 0 Å². The van der Waals surface area contributed by atoms with Gasteiger partial charge in [0, 0.05) is 11.9 Å². The highest BCUT2D eigenvalue weighted by atomic mass is 16.1. The van der Waals surface area contributed by atoms with Gasteiger partial charge >= 0.3 is 0 Å². The number of imidazole rings is 1. The van der Waals surface area contributed by atoms with Gasteiger partial charge in [0.2, 0.25) is 5.65 Å². The maximum absolute atomic E-state index is 11.8. The number of aromatic nitrogens is 3. The average Bonchev–Trinajstić information content (AvgIpc) is 2.63. The summed E-state index contributed by atoms with van der Waals surface area (Å²) in [6.07, 6.45) is 1.71. The first kappa shape index (κ1) is 9.15. The molecule has 80 valence electrons. The highest BCUT2D eigenvalue weighted by molar-refractivity contribution is 5.78. The Hall–Kier alpha value is -2.10. The number of aromatic amines is 1. The van der Waals surface area contributed by atoms with Crippen LogP contribution in [0.5, 0.6) is 0 Å². The van der Waals surface area contributed by atoms with E-state index in [4.69, 9.17) is 0 Å². The molecule has 0 atom stereocenters. The zero-order valence-electron chi connectivity index (χ0n) is 9.11. The second kappa shape index (κ2) is 2.95. The standard InChI is InChI=1S/C12H11N3O/c1-7-3-4-9-10(5-7)15-8(2)6-13-11(15)12(16)14-9/h3-6H,1-2H3,(H,14,16). The van der Waals surface area contributed by atoms with Crippen LogP contribution in [-0.4, -0.2) is 14.4 Å². The van der Waals surface area contributed by atoms with Gasteiger partial charge < -0.3 is 4.98 Å². The van der Waals surface area contributed by atoms with Crippen molar-refractivity contribution in [1.29, 1.82) is 0 Å². The van der Waals surface area contributed by atoms with E-state index in [-0.39, 0.29) is 5.56 Å². The Bertz CT molecular complexity index is 752. The van der Waals surface area contributed by atoms with E-state index in [1.165, 1.54) is 0 Å². The molecule has 2 aromatic heterocycles. The van der Waals surface area contributed by atoms with Gasteiger partial charge in [-0.1, -0.05) is 6.07 Å². The molecule has 4 nitrogen and oxygen atoms in total. The molecular weight excluding hydrogens is 202 g/mol. The highest BCUT2D eigenvalue weighted by Crippen LogP contribution is 2.15. The molecule has 0 bridgehead atoms. The van der Waals surface area contributed by atoms with Crippen LogP contribution in [0.4, 0.5) is 0 Å². The largest absolute Gasteiger partial charge is 0.317 e. The zero-order chi connectivity index (χ0) is 11.3. The molecule has 0 aliphatic carbocycles. The van der Waals surface area contributed by atoms with Crippen LogP contribution >= 0.6 is 0 Å². The fourth-order valence-electron chi connectivity index (χ4n) is 2.01. The summed E-state index contributed by atoms with van der Waals surface area (Å²) in [6.45, 7) is 3.98. The zero-order valence-corrected chi connectivity index (χ0v) is 9.11. The summed E-state index contributed by atoms with van der Waals surface area (Å²) in [7, 11) is 0. The van der Waals surface area contributed by atoms with Gasteiger partial charge in [-0.25, -0.2) is 4.98 Å². The smallest absolute Gasteiger partial charge is 0.292 e. The van der Waals surface area contributed by atoms with E-state index in [1.54, 1.807) is 6.20 Å². The minimum atomic E-state index is -0.149. The lowest BCUT2D eigenvalue weighted by Gasteiger charge is -2.04. The number of fused-ring (bicyclic) bond motifs is 3. The molecule has 3 aromatic rings. The molecular formula is C12H11N3O. The van der Waals surface area contributed by atoms with E-state index in [0.717, 1.165) is 22.3 Å². The predicted molar refractivity (Wildman–Crippen MR) is 62.8 cm³/mol. The maximum atomic E-state index is 11.8. The second-order valence-electron chi connectivity index (χ2n) is 4.03. The van der Waals surface area contributed by atoms with Crippen LogP contribution in [0.15, 0.2) is 29.2 Å². The molecule has 1 aromatic carbocycles. The Labute approximate surface area is 91.6 Å². The van der Waals surface area contributed by atoms with E-state index in [0.29, 0.717) is 5.65 Å². The molecule has 0 fully saturated rings. The Morgan fingerprint density at radius 3 is 2.94 bits per heavy atom. The van der Waals surface area contributed by atoms with Crippen molar-refractivity contribution >= 4 is 16.7 Å². The van der Waals surface area contributed by atoms with Gasteiger partial charge in [-0.15, -0.1) is 0 Å². The van der Waals surface area contributed by atoms with Crippen molar-refractivity contribution < 1.29 is 0 Å². The van der Waals surface area contributed by atoms with Crippen LogP contribution in [0.3, 0.4) is 0 Å². The Morgan fingerprint density at radius 2 is 2.12 bits per heavy atom. The van der Waals surface area contributed by atoms with E-state index in [9.17, 15) is 4.79 Å². The quantitative estimate of drug-likeness (QED) is 0.619. The summed E-state index contributed by atoms with van der Waals surface area (Å²) in [6, 6.07) is 5.95. The molecule has 3 rings (SSSR count). The number of H-pyrrole nitrogens is 1. The predicted octanol–water partition coefficient (Wildman–Crippen LogP) is 1.79. The van der Waals surface area contributed by atoms with Crippen LogP contribution < -0.4 is 5.56 Å². The van der Waals surface area contributed by atoms with Gasteiger partial charge in [0.25, 0.3) is 5.56 Å². The molecule has 0 unspecified atom stereocenters. The fourth-order valence-corrected chi connectivity index (χ4v) is 2.01. The number of nitrogens with one attached hydrogen (secondary N) is 1. The molecule has 0 amide bonds. The third-order valence-corrected chi connectivity index (χ3v) is 2.78. The molecule has 0 radical (unpaired) electrons. The lowest BCUT2D eigenvalue weighted by molar-refractivity contribution is 1.12. The number of benzene rings is 1.